The first-order valence-corrected chi connectivity index (χ1v) is 8.04. The number of aliphatic carboxylic acids is 1. The second-order valence-electron chi connectivity index (χ2n) is 6.88. The Morgan fingerprint density at radius 2 is 1.79 bits per heavy atom. The highest BCUT2D eigenvalue weighted by atomic mass is 16.6. The minimum atomic E-state index is -0.852. The lowest BCUT2D eigenvalue weighted by molar-refractivity contribution is -0.146. The van der Waals surface area contributed by atoms with Crippen LogP contribution in [-0.4, -0.2) is 22.6 Å². The van der Waals surface area contributed by atoms with Crippen LogP contribution in [0, 0.1) is 5.92 Å². The van der Waals surface area contributed by atoms with Gasteiger partial charge in [0.25, 0.3) is 0 Å². The van der Waals surface area contributed by atoms with E-state index >= 15 is 0 Å². The first kappa shape index (κ1) is 21.9. The number of carbonyl (C=O) groups excluding carboxylic acids is 1. The van der Waals surface area contributed by atoms with Crippen LogP contribution in [0.4, 0.5) is 0 Å². The molecule has 0 spiro atoms. The van der Waals surface area contributed by atoms with E-state index in [2.05, 4.69) is 6.58 Å². The number of esters is 1. The second kappa shape index (κ2) is 9.91. The quantitative estimate of drug-likeness (QED) is 0.372. The molecule has 0 aliphatic carbocycles. The predicted octanol–water partition coefficient (Wildman–Crippen LogP) is 4.83. The summed E-state index contributed by atoms with van der Waals surface area (Å²) in [6, 6.07) is 0. The minimum Gasteiger partial charge on any atom is -0.481 e. The highest BCUT2D eigenvalue weighted by molar-refractivity contribution is 5.83. The van der Waals surface area contributed by atoms with Gasteiger partial charge in [-0.15, -0.1) is 0 Å². The Hall–Kier alpha value is -2.10. The lowest BCUT2D eigenvalue weighted by atomic mass is 9.96. The molecule has 0 amide bonds. The molecule has 0 saturated carbocycles. The van der Waals surface area contributed by atoms with Crippen LogP contribution in [0.25, 0.3) is 0 Å². The maximum atomic E-state index is 11.7. The molecule has 4 nitrogen and oxygen atoms in total. The zero-order valence-corrected chi connectivity index (χ0v) is 15.7. The van der Waals surface area contributed by atoms with E-state index in [1.54, 1.807) is 6.92 Å². The van der Waals surface area contributed by atoms with Gasteiger partial charge in [-0.05, 0) is 60.5 Å². The normalized spacial score (nSPS) is 13.5. The van der Waals surface area contributed by atoms with Crippen molar-refractivity contribution in [3.63, 3.8) is 0 Å². The van der Waals surface area contributed by atoms with E-state index in [1.165, 1.54) is 6.08 Å². The molecule has 0 fully saturated rings. The van der Waals surface area contributed by atoms with Crippen LogP contribution in [0.15, 0.2) is 47.6 Å². The van der Waals surface area contributed by atoms with E-state index < -0.39 is 17.5 Å². The molecular weight excluding hydrogens is 304 g/mol. The predicted molar refractivity (Wildman–Crippen MR) is 97.7 cm³/mol. The Morgan fingerprint density at radius 1 is 1.21 bits per heavy atom. The Kier molecular flexibility index (Phi) is 9.04. The molecule has 24 heavy (non-hydrogen) atoms. The van der Waals surface area contributed by atoms with E-state index in [4.69, 9.17) is 9.84 Å². The smallest absolute Gasteiger partial charge is 0.331 e. The second-order valence-corrected chi connectivity index (χ2v) is 6.88. The minimum absolute atomic E-state index is 0.359. The summed E-state index contributed by atoms with van der Waals surface area (Å²) in [4.78, 5) is 22.8. The summed E-state index contributed by atoms with van der Waals surface area (Å²) in [5.74, 6) is -1.76. The highest BCUT2D eigenvalue weighted by Gasteiger charge is 2.18. The maximum Gasteiger partial charge on any atom is 0.331 e. The Labute approximate surface area is 145 Å². The molecule has 0 rings (SSSR count). The fourth-order valence-electron chi connectivity index (χ4n) is 2.00. The zero-order chi connectivity index (χ0) is 18.9. The van der Waals surface area contributed by atoms with Crippen LogP contribution in [-0.2, 0) is 14.3 Å². The van der Waals surface area contributed by atoms with Crippen LogP contribution in [0.2, 0.25) is 0 Å². The Morgan fingerprint density at radius 3 is 2.25 bits per heavy atom. The van der Waals surface area contributed by atoms with Crippen molar-refractivity contribution in [2.75, 3.05) is 0 Å². The zero-order valence-electron chi connectivity index (χ0n) is 15.7. The molecule has 1 N–H and O–H groups in total. The summed E-state index contributed by atoms with van der Waals surface area (Å²) < 4.78 is 5.38. The topological polar surface area (TPSA) is 63.6 Å². The number of carbonyl (C=O) groups is 2. The molecule has 0 aliphatic heterocycles. The fourth-order valence-corrected chi connectivity index (χ4v) is 2.00. The average Bonchev–Trinajstić information content (AvgIpc) is 2.35. The molecule has 134 valence electrons. The summed E-state index contributed by atoms with van der Waals surface area (Å²) in [7, 11) is 0. The monoisotopic (exact) mass is 334 g/mol. The van der Waals surface area contributed by atoms with Gasteiger partial charge in [0, 0.05) is 6.08 Å². The third kappa shape index (κ3) is 9.82. The van der Waals surface area contributed by atoms with Crippen LogP contribution < -0.4 is 0 Å². The molecule has 1 unspecified atom stereocenters. The van der Waals surface area contributed by atoms with Crippen molar-refractivity contribution < 1.29 is 19.4 Å². The molecule has 0 saturated heterocycles. The van der Waals surface area contributed by atoms with Gasteiger partial charge >= 0.3 is 11.9 Å². The van der Waals surface area contributed by atoms with Crippen molar-refractivity contribution in [1.29, 1.82) is 0 Å². The van der Waals surface area contributed by atoms with Crippen molar-refractivity contribution in [3.8, 4) is 0 Å². The first-order chi connectivity index (χ1) is 10.9. The summed E-state index contributed by atoms with van der Waals surface area (Å²) >= 11 is 0. The van der Waals surface area contributed by atoms with E-state index in [-0.39, 0.29) is 5.97 Å². The van der Waals surface area contributed by atoms with Gasteiger partial charge in [0.2, 0.25) is 0 Å². The van der Waals surface area contributed by atoms with Crippen molar-refractivity contribution in [2.45, 2.75) is 60.0 Å². The van der Waals surface area contributed by atoms with Gasteiger partial charge in [-0.25, -0.2) is 4.79 Å². The number of allylic oxidation sites excluding steroid dienone is 4. The number of hydrogen-bond donors (Lipinski definition) is 1. The lowest BCUT2D eigenvalue weighted by Crippen LogP contribution is -2.24. The molecule has 0 aromatic rings. The summed E-state index contributed by atoms with van der Waals surface area (Å²) in [6.07, 6.45) is 8.26. The summed E-state index contributed by atoms with van der Waals surface area (Å²) in [5.41, 5.74) is 1.91. The van der Waals surface area contributed by atoms with E-state index in [0.29, 0.717) is 18.4 Å². The molecule has 0 aromatic heterocycles. The van der Waals surface area contributed by atoms with Crippen LogP contribution >= 0.6 is 0 Å². The molecule has 0 bridgehead atoms. The SMILES string of the molecule is C=C(C)C(C/C=C(\C)C/C=C/C(C)(C)OC(=O)C=C(C)C)C(=O)O. The fraction of sp³-hybridized carbons (Fsp3) is 0.500. The Bertz CT molecular complexity index is 544. The van der Waals surface area contributed by atoms with Crippen LogP contribution in [0.5, 0.6) is 0 Å². The number of hydrogen-bond acceptors (Lipinski definition) is 3. The first-order valence-electron chi connectivity index (χ1n) is 8.04. The molecule has 4 heteroatoms. The van der Waals surface area contributed by atoms with Crippen LogP contribution in [0.3, 0.4) is 0 Å². The van der Waals surface area contributed by atoms with Gasteiger partial charge in [-0.2, -0.15) is 0 Å². The highest BCUT2D eigenvalue weighted by Crippen LogP contribution is 2.17. The molecular formula is C20H30O4. The molecule has 0 aromatic carbocycles. The lowest BCUT2D eigenvalue weighted by Gasteiger charge is -2.20. The standard InChI is InChI=1S/C20H30O4/c1-14(2)13-18(21)24-20(6,7)12-8-9-16(5)10-11-17(15(3)4)19(22)23/h8,10,12-13,17H,3,9,11H2,1-2,4-7H3,(H,22,23)/b12-8+,16-10+. The summed E-state index contributed by atoms with van der Waals surface area (Å²) in [5, 5.41) is 9.13. The van der Waals surface area contributed by atoms with Gasteiger partial charge in [0.15, 0.2) is 0 Å². The van der Waals surface area contributed by atoms with Gasteiger partial charge in [0.05, 0.1) is 5.92 Å². The number of carboxylic acid groups (broad SMARTS) is 1. The number of ether oxygens (including phenoxy) is 1. The van der Waals surface area contributed by atoms with Gasteiger partial charge in [0.1, 0.15) is 5.60 Å². The van der Waals surface area contributed by atoms with Crippen molar-refractivity contribution >= 4 is 11.9 Å². The van der Waals surface area contributed by atoms with E-state index in [9.17, 15) is 9.59 Å². The van der Waals surface area contributed by atoms with Gasteiger partial charge < -0.3 is 9.84 Å². The van der Waals surface area contributed by atoms with Gasteiger partial charge in [-0.1, -0.05) is 35.5 Å². The summed E-state index contributed by atoms with van der Waals surface area (Å²) in [6.45, 7) is 14.7. The average molecular weight is 334 g/mol. The Balaban J connectivity index is 4.64. The van der Waals surface area contributed by atoms with E-state index in [0.717, 1.165) is 11.1 Å². The maximum absolute atomic E-state index is 11.7. The molecule has 0 aliphatic rings. The van der Waals surface area contributed by atoms with Crippen molar-refractivity contribution in [3.05, 3.63) is 47.6 Å². The van der Waals surface area contributed by atoms with Crippen LogP contribution in [0.1, 0.15) is 54.4 Å². The molecule has 1 atom stereocenters. The van der Waals surface area contributed by atoms with Crippen molar-refractivity contribution in [2.24, 2.45) is 5.92 Å². The largest absolute Gasteiger partial charge is 0.481 e. The third-order valence-electron chi connectivity index (χ3n) is 3.32. The molecule has 0 heterocycles. The molecule has 0 radical (unpaired) electrons. The third-order valence-corrected chi connectivity index (χ3v) is 3.32. The van der Waals surface area contributed by atoms with Crippen molar-refractivity contribution in [1.82, 2.24) is 0 Å². The number of rotatable bonds is 9. The van der Waals surface area contributed by atoms with Gasteiger partial charge in [-0.3, -0.25) is 4.79 Å². The number of carboxylic acids is 1. The van der Waals surface area contributed by atoms with E-state index in [1.807, 2.05) is 52.8 Å².